The highest BCUT2D eigenvalue weighted by Gasteiger charge is 1.98. The Bertz CT molecular complexity index is 367. The SMILES string of the molecule is C=CC.C=CC.CCC(=O)Oc1ccccc1.CCOCC.OCCO. The quantitative estimate of drug-likeness (QED) is 0.456. The van der Waals surface area contributed by atoms with Crippen LogP contribution >= 0.6 is 0 Å². The maximum absolute atomic E-state index is 10.8. The summed E-state index contributed by atoms with van der Waals surface area (Å²) in [6.07, 6.45) is 3.91. The van der Waals surface area contributed by atoms with E-state index in [1.807, 2.05) is 45.9 Å². The standard InChI is InChI=1S/C9H10O2.C4H10O.2C3H6.C2H6O2/c1-2-9(10)11-8-6-4-3-5-7-8;1-3-5-4-2;2*1-3-2;3-1-2-4/h3-7H,2H2,1H3;3-4H2,1-2H3;2*3H,1H2,2H3;3-4H,1-2H2. The molecule has 0 fully saturated rings. The third-order valence-corrected chi connectivity index (χ3v) is 1.77. The van der Waals surface area contributed by atoms with E-state index in [1.165, 1.54) is 0 Å². The molecule has 0 heterocycles. The molecule has 5 heteroatoms. The third kappa shape index (κ3) is 43.1. The number of ether oxygens (including phenoxy) is 2. The minimum absolute atomic E-state index is 0.125. The molecule has 0 atom stereocenters. The first-order chi connectivity index (χ1) is 12.5. The normalized spacial score (nSPS) is 7.65. The smallest absolute Gasteiger partial charge is 0.310 e. The fraction of sp³-hybridized carbons (Fsp3) is 0.476. The molecule has 0 aliphatic carbocycles. The first kappa shape index (κ1) is 31.8. The Labute approximate surface area is 160 Å². The number of allylic oxidation sites excluding steroid dienone is 2. The molecule has 0 aliphatic heterocycles. The van der Waals surface area contributed by atoms with E-state index in [9.17, 15) is 4.79 Å². The van der Waals surface area contributed by atoms with Crippen LogP contribution in [0.15, 0.2) is 55.6 Å². The molecule has 0 saturated carbocycles. The number of hydrogen-bond acceptors (Lipinski definition) is 5. The molecule has 0 aliphatic rings. The van der Waals surface area contributed by atoms with Crippen molar-refractivity contribution >= 4 is 5.97 Å². The van der Waals surface area contributed by atoms with Crippen LogP contribution in [0.25, 0.3) is 0 Å². The lowest BCUT2D eigenvalue weighted by molar-refractivity contribution is -0.134. The van der Waals surface area contributed by atoms with E-state index in [2.05, 4.69) is 13.2 Å². The Morgan fingerprint density at radius 2 is 1.35 bits per heavy atom. The Hall–Kier alpha value is -1.95. The summed E-state index contributed by atoms with van der Waals surface area (Å²) in [6, 6.07) is 9.06. The molecular weight excluding hydrogens is 332 g/mol. The number of esters is 1. The average molecular weight is 371 g/mol. The van der Waals surface area contributed by atoms with Crippen molar-refractivity contribution in [2.24, 2.45) is 0 Å². The van der Waals surface area contributed by atoms with Crippen molar-refractivity contribution in [1.29, 1.82) is 0 Å². The van der Waals surface area contributed by atoms with Crippen LogP contribution in [-0.4, -0.2) is 42.6 Å². The van der Waals surface area contributed by atoms with Crippen molar-refractivity contribution in [2.45, 2.75) is 41.0 Å². The van der Waals surface area contributed by atoms with Crippen LogP contribution in [0.4, 0.5) is 0 Å². The second kappa shape index (κ2) is 34.4. The number of hydrogen-bond donors (Lipinski definition) is 2. The van der Waals surface area contributed by atoms with Crippen molar-refractivity contribution in [2.75, 3.05) is 26.4 Å². The van der Waals surface area contributed by atoms with E-state index >= 15 is 0 Å². The van der Waals surface area contributed by atoms with E-state index in [1.54, 1.807) is 31.2 Å². The number of aliphatic hydroxyl groups excluding tert-OH is 2. The van der Waals surface area contributed by atoms with Gasteiger partial charge in [-0.3, -0.25) is 4.79 Å². The van der Waals surface area contributed by atoms with Gasteiger partial charge in [-0.1, -0.05) is 37.3 Å². The lowest BCUT2D eigenvalue weighted by atomic mass is 10.3. The van der Waals surface area contributed by atoms with Crippen LogP contribution < -0.4 is 4.74 Å². The molecule has 1 aromatic rings. The summed E-state index contributed by atoms with van der Waals surface area (Å²) >= 11 is 0. The monoisotopic (exact) mass is 370 g/mol. The van der Waals surface area contributed by atoms with Crippen molar-refractivity contribution in [3.63, 3.8) is 0 Å². The number of para-hydroxylation sites is 1. The molecular formula is C21H38O5. The predicted octanol–water partition coefficient (Wildman–Crippen LogP) is 4.40. The highest BCUT2D eigenvalue weighted by Crippen LogP contribution is 2.08. The van der Waals surface area contributed by atoms with Gasteiger partial charge in [0, 0.05) is 19.6 Å². The molecule has 0 aromatic heterocycles. The topological polar surface area (TPSA) is 76.0 Å². The summed E-state index contributed by atoms with van der Waals surface area (Å²) in [4.78, 5) is 10.8. The van der Waals surface area contributed by atoms with Gasteiger partial charge in [0.05, 0.1) is 13.2 Å². The minimum atomic E-state index is -0.198. The van der Waals surface area contributed by atoms with E-state index in [4.69, 9.17) is 19.7 Å². The molecule has 2 N–H and O–H groups in total. The van der Waals surface area contributed by atoms with Gasteiger partial charge in [-0.15, -0.1) is 13.2 Å². The number of carbonyl (C=O) groups excluding carboxylic acids is 1. The van der Waals surface area contributed by atoms with Gasteiger partial charge < -0.3 is 19.7 Å². The highest BCUT2D eigenvalue weighted by molar-refractivity contribution is 5.71. The molecule has 152 valence electrons. The molecule has 0 amide bonds. The van der Waals surface area contributed by atoms with Gasteiger partial charge in [-0.2, -0.15) is 0 Å². The highest BCUT2D eigenvalue weighted by atomic mass is 16.5. The number of rotatable bonds is 5. The van der Waals surface area contributed by atoms with E-state index in [0.29, 0.717) is 12.2 Å². The van der Waals surface area contributed by atoms with Crippen LogP contribution in [-0.2, 0) is 9.53 Å². The van der Waals surface area contributed by atoms with Gasteiger partial charge in [-0.05, 0) is 39.8 Å². The van der Waals surface area contributed by atoms with Crippen LogP contribution in [0.2, 0.25) is 0 Å². The van der Waals surface area contributed by atoms with Gasteiger partial charge in [0.2, 0.25) is 0 Å². The number of carbonyl (C=O) groups is 1. The summed E-state index contributed by atoms with van der Waals surface area (Å²) in [5.74, 6) is 0.413. The van der Waals surface area contributed by atoms with Crippen molar-refractivity contribution in [3.8, 4) is 5.75 Å². The van der Waals surface area contributed by atoms with Gasteiger partial charge in [0.1, 0.15) is 5.75 Å². The maximum atomic E-state index is 10.8. The lowest BCUT2D eigenvalue weighted by Gasteiger charge is -1.99. The summed E-state index contributed by atoms with van der Waals surface area (Å²) in [6.45, 7) is 17.7. The largest absolute Gasteiger partial charge is 0.427 e. The zero-order valence-corrected chi connectivity index (χ0v) is 17.1. The third-order valence-electron chi connectivity index (χ3n) is 1.77. The lowest BCUT2D eigenvalue weighted by Crippen LogP contribution is -2.04. The predicted molar refractivity (Wildman–Crippen MR) is 110 cm³/mol. The van der Waals surface area contributed by atoms with E-state index in [0.717, 1.165) is 13.2 Å². The number of aliphatic hydroxyl groups is 2. The molecule has 0 saturated heterocycles. The Morgan fingerprint density at radius 1 is 0.962 bits per heavy atom. The van der Waals surface area contributed by atoms with Gasteiger partial charge in [-0.25, -0.2) is 0 Å². The van der Waals surface area contributed by atoms with E-state index in [-0.39, 0.29) is 19.2 Å². The molecule has 0 radical (unpaired) electrons. The van der Waals surface area contributed by atoms with Crippen molar-refractivity contribution < 1.29 is 24.5 Å². The Morgan fingerprint density at radius 3 is 1.58 bits per heavy atom. The van der Waals surface area contributed by atoms with Gasteiger partial charge in [0.25, 0.3) is 0 Å². The second-order valence-corrected chi connectivity index (χ2v) is 4.19. The minimum Gasteiger partial charge on any atom is -0.427 e. The van der Waals surface area contributed by atoms with Crippen LogP contribution in [0.1, 0.15) is 41.0 Å². The second-order valence-electron chi connectivity index (χ2n) is 4.19. The Kier molecular flexibility index (Phi) is 42.1. The van der Waals surface area contributed by atoms with Gasteiger partial charge >= 0.3 is 5.97 Å². The van der Waals surface area contributed by atoms with Crippen LogP contribution in [0.5, 0.6) is 5.75 Å². The summed E-state index contributed by atoms with van der Waals surface area (Å²) in [5, 5.41) is 15.2. The molecule has 0 unspecified atom stereocenters. The molecule has 5 nitrogen and oxygen atoms in total. The molecule has 0 spiro atoms. The Balaban J connectivity index is -0.000000136. The zero-order valence-electron chi connectivity index (χ0n) is 17.1. The van der Waals surface area contributed by atoms with Crippen molar-refractivity contribution in [1.82, 2.24) is 0 Å². The van der Waals surface area contributed by atoms with Crippen molar-refractivity contribution in [3.05, 3.63) is 55.6 Å². The zero-order chi connectivity index (χ0) is 21.1. The molecule has 1 rings (SSSR count). The molecule has 0 bridgehead atoms. The van der Waals surface area contributed by atoms with Crippen LogP contribution in [0, 0.1) is 0 Å². The molecule has 26 heavy (non-hydrogen) atoms. The average Bonchev–Trinajstić information content (AvgIpc) is 2.65. The summed E-state index contributed by atoms with van der Waals surface area (Å²) in [5.41, 5.74) is 0. The first-order valence-corrected chi connectivity index (χ1v) is 8.68. The van der Waals surface area contributed by atoms with Crippen LogP contribution in [0.3, 0.4) is 0 Å². The molecule has 1 aromatic carbocycles. The maximum Gasteiger partial charge on any atom is 0.310 e. The first-order valence-electron chi connectivity index (χ1n) is 8.68. The summed E-state index contributed by atoms with van der Waals surface area (Å²) in [7, 11) is 0. The fourth-order valence-corrected chi connectivity index (χ4v) is 0.896. The number of benzene rings is 1. The van der Waals surface area contributed by atoms with Gasteiger partial charge in [0.15, 0.2) is 0 Å². The fourth-order valence-electron chi connectivity index (χ4n) is 0.896. The van der Waals surface area contributed by atoms with E-state index < -0.39 is 0 Å². The summed E-state index contributed by atoms with van der Waals surface area (Å²) < 4.78 is 9.76.